The van der Waals surface area contributed by atoms with Crippen molar-refractivity contribution in [1.82, 2.24) is 0 Å². The average molecular weight is 158 g/mol. The molecule has 2 nitrogen and oxygen atoms in total. The van der Waals surface area contributed by atoms with Gasteiger partial charge in [0.1, 0.15) is 0 Å². The molecular weight excluding hydrogens is 144 g/mol. The van der Waals surface area contributed by atoms with Crippen LogP contribution in [0, 0.1) is 5.41 Å². The van der Waals surface area contributed by atoms with Crippen LogP contribution in [0.2, 0.25) is 0 Å². The number of rotatable bonds is 1. The zero-order valence-electron chi connectivity index (χ0n) is 6.64. The van der Waals surface area contributed by atoms with Crippen LogP contribution in [0.5, 0.6) is 0 Å². The Hall–Kier alpha value is -0.570. The molecule has 0 amide bonds. The first kappa shape index (κ1) is 9.43. The lowest BCUT2D eigenvalue weighted by atomic mass is 9.92. The predicted molar refractivity (Wildman–Crippen MR) is 48.5 cm³/mol. The van der Waals surface area contributed by atoms with Crippen LogP contribution in [-0.4, -0.2) is 4.99 Å². The Morgan fingerprint density at radius 1 is 1.30 bits per heavy atom. The summed E-state index contributed by atoms with van der Waals surface area (Å²) in [7, 11) is 0. The third-order valence-electron chi connectivity index (χ3n) is 1.16. The molecule has 0 saturated heterocycles. The number of hydrogen-bond donors (Lipinski definition) is 2. The highest BCUT2D eigenvalue weighted by Gasteiger charge is 2.12. The molecular formula is C7H14N2S. The van der Waals surface area contributed by atoms with Crippen LogP contribution in [0.1, 0.15) is 20.8 Å². The molecule has 0 aromatic carbocycles. The highest BCUT2D eigenvalue weighted by Crippen LogP contribution is 2.19. The maximum absolute atomic E-state index is 5.65. The normalized spacial score (nSPS) is 13.3. The standard InChI is InChI=1S/C7H14N2S/c1-7(2,3)5(8)4-6(9)10/h4H,8H2,1-3H3,(H2,9,10). The van der Waals surface area contributed by atoms with Crippen molar-refractivity contribution in [2.75, 3.05) is 0 Å². The molecule has 0 aromatic heterocycles. The van der Waals surface area contributed by atoms with E-state index in [-0.39, 0.29) is 5.41 Å². The van der Waals surface area contributed by atoms with E-state index in [9.17, 15) is 0 Å². The summed E-state index contributed by atoms with van der Waals surface area (Å²) in [4.78, 5) is 0.340. The molecule has 0 heterocycles. The summed E-state index contributed by atoms with van der Waals surface area (Å²) in [6.07, 6.45) is 1.62. The summed E-state index contributed by atoms with van der Waals surface area (Å²) >= 11 is 4.66. The van der Waals surface area contributed by atoms with Crippen LogP contribution in [0.25, 0.3) is 0 Å². The number of thiocarbonyl (C=S) groups is 1. The molecule has 0 spiro atoms. The van der Waals surface area contributed by atoms with Gasteiger partial charge in [-0.25, -0.2) is 0 Å². The lowest BCUT2D eigenvalue weighted by molar-refractivity contribution is 0.498. The third-order valence-corrected chi connectivity index (χ3v) is 1.28. The zero-order valence-corrected chi connectivity index (χ0v) is 7.46. The SMILES string of the molecule is CC(C)(C)C(N)=CC(N)=S. The smallest absolute Gasteiger partial charge is 0.0979 e. The average Bonchev–Trinajstić information content (AvgIpc) is 1.60. The van der Waals surface area contributed by atoms with Gasteiger partial charge < -0.3 is 11.5 Å². The van der Waals surface area contributed by atoms with Crippen LogP contribution < -0.4 is 11.5 Å². The molecule has 0 aliphatic rings. The molecule has 3 heteroatoms. The van der Waals surface area contributed by atoms with Crippen LogP contribution in [0.3, 0.4) is 0 Å². The Labute approximate surface area is 67.3 Å². The first-order valence-corrected chi connectivity index (χ1v) is 3.52. The summed E-state index contributed by atoms with van der Waals surface area (Å²) in [6.45, 7) is 6.03. The van der Waals surface area contributed by atoms with Gasteiger partial charge in [0.2, 0.25) is 0 Å². The molecule has 0 saturated carbocycles. The third kappa shape index (κ3) is 3.45. The van der Waals surface area contributed by atoms with Crippen molar-refractivity contribution in [3.63, 3.8) is 0 Å². The maximum Gasteiger partial charge on any atom is 0.0979 e. The zero-order chi connectivity index (χ0) is 8.36. The van der Waals surface area contributed by atoms with Gasteiger partial charge in [-0.1, -0.05) is 33.0 Å². The summed E-state index contributed by atoms with van der Waals surface area (Å²) in [5.41, 5.74) is 11.6. The van der Waals surface area contributed by atoms with Gasteiger partial charge in [0, 0.05) is 11.1 Å². The molecule has 0 aromatic rings. The van der Waals surface area contributed by atoms with Crippen LogP contribution in [0.4, 0.5) is 0 Å². The van der Waals surface area contributed by atoms with Gasteiger partial charge in [-0.15, -0.1) is 0 Å². The van der Waals surface area contributed by atoms with E-state index in [4.69, 9.17) is 11.5 Å². The molecule has 10 heavy (non-hydrogen) atoms. The topological polar surface area (TPSA) is 52.0 Å². The van der Waals surface area contributed by atoms with E-state index in [0.29, 0.717) is 4.99 Å². The van der Waals surface area contributed by atoms with E-state index < -0.39 is 0 Å². The highest BCUT2D eigenvalue weighted by molar-refractivity contribution is 7.80. The molecule has 0 fully saturated rings. The second-order valence-corrected chi connectivity index (χ2v) is 3.72. The fourth-order valence-corrected chi connectivity index (χ4v) is 0.497. The highest BCUT2D eigenvalue weighted by atomic mass is 32.1. The molecule has 0 aliphatic heterocycles. The van der Waals surface area contributed by atoms with Gasteiger partial charge in [0.05, 0.1) is 4.99 Å². The molecule has 0 unspecified atom stereocenters. The fraction of sp³-hybridized carbons (Fsp3) is 0.571. The maximum atomic E-state index is 5.65. The van der Waals surface area contributed by atoms with Crippen molar-refractivity contribution >= 4 is 17.2 Å². The fourth-order valence-electron chi connectivity index (χ4n) is 0.370. The van der Waals surface area contributed by atoms with Crippen LogP contribution >= 0.6 is 12.2 Å². The molecule has 0 radical (unpaired) electrons. The van der Waals surface area contributed by atoms with E-state index in [0.717, 1.165) is 5.70 Å². The predicted octanol–water partition coefficient (Wildman–Crippen LogP) is 1.16. The number of allylic oxidation sites excluding steroid dienone is 1. The summed E-state index contributed by atoms with van der Waals surface area (Å²) in [6, 6.07) is 0. The first-order valence-electron chi connectivity index (χ1n) is 3.11. The second-order valence-electron chi connectivity index (χ2n) is 3.25. The number of hydrogen-bond acceptors (Lipinski definition) is 2. The molecule has 0 aliphatic carbocycles. The summed E-state index contributed by atoms with van der Waals surface area (Å²) in [5.74, 6) is 0. The Morgan fingerprint density at radius 3 is 1.80 bits per heavy atom. The Morgan fingerprint density at radius 2 is 1.70 bits per heavy atom. The van der Waals surface area contributed by atoms with Gasteiger partial charge >= 0.3 is 0 Å². The van der Waals surface area contributed by atoms with Gasteiger partial charge in [0.25, 0.3) is 0 Å². The summed E-state index contributed by atoms with van der Waals surface area (Å²) < 4.78 is 0. The lowest BCUT2D eigenvalue weighted by Gasteiger charge is -2.18. The van der Waals surface area contributed by atoms with Crippen molar-refractivity contribution in [2.24, 2.45) is 16.9 Å². The number of nitrogens with two attached hydrogens (primary N) is 2. The molecule has 0 rings (SSSR count). The lowest BCUT2D eigenvalue weighted by Crippen LogP contribution is -2.19. The van der Waals surface area contributed by atoms with Crippen molar-refractivity contribution in [1.29, 1.82) is 0 Å². The molecule has 0 atom stereocenters. The van der Waals surface area contributed by atoms with Crippen molar-refractivity contribution < 1.29 is 0 Å². The Kier molecular flexibility index (Phi) is 2.84. The van der Waals surface area contributed by atoms with Gasteiger partial charge in [-0.3, -0.25) is 0 Å². The Balaban J connectivity index is 4.35. The molecule has 0 bridgehead atoms. The minimum Gasteiger partial charge on any atom is -0.402 e. The van der Waals surface area contributed by atoms with Crippen molar-refractivity contribution in [3.8, 4) is 0 Å². The summed E-state index contributed by atoms with van der Waals surface area (Å²) in [5, 5.41) is 0. The van der Waals surface area contributed by atoms with Gasteiger partial charge in [0.15, 0.2) is 0 Å². The van der Waals surface area contributed by atoms with Crippen molar-refractivity contribution in [2.45, 2.75) is 20.8 Å². The van der Waals surface area contributed by atoms with Crippen LogP contribution in [0.15, 0.2) is 11.8 Å². The van der Waals surface area contributed by atoms with Gasteiger partial charge in [-0.05, 0) is 6.08 Å². The van der Waals surface area contributed by atoms with Crippen molar-refractivity contribution in [3.05, 3.63) is 11.8 Å². The van der Waals surface area contributed by atoms with E-state index in [1.165, 1.54) is 0 Å². The molecule has 58 valence electrons. The van der Waals surface area contributed by atoms with Gasteiger partial charge in [-0.2, -0.15) is 0 Å². The first-order chi connectivity index (χ1) is 4.34. The Bertz CT molecular complexity index is 165. The molecule has 4 N–H and O–H groups in total. The van der Waals surface area contributed by atoms with E-state index in [1.807, 2.05) is 20.8 Å². The largest absolute Gasteiger partial charge is 0.402 e. The monoisotopic (exact) mass is 158 g/mol. The van der Waals surface area contributed by atoms with E-state index >= 15 is 0 Å². The minimum atomic E-state index is -0.0383. The van der Waals surface area contributed by atoms with E-state index in [1.54, 1.807) is 6.08 Å². The minimum absolute atomic E-state index is 0.0383. The van der Waals surface area contributed by atoms with E-state index in [2.05, 4.69) is 12.2 Å². The van der Waals surface area contributed by atoms with Crippen LogP contribution in [-0.2, 0) is 0 Å². The second kappa shape index (κ2) is 3.01. The quantitative estimate of drug-likeness (QED) is 0.445.